The van der Waals surface area contributed by atoms with E-state index in [0.29, 0.717) is 12.5 Å². The lowest BCUT2D eigenvalue weighted by atomic mass is 10.3. The average Bonchev–Trinajstić information content (AvgIpc) is 2.46. The summed E-state index contributed by atoms with van der Waals surface area (Å²) in [5, 5.41) is 3.00. The fourth-order valence-corrected chi connectivity index (χ4v) is 1.61. The molecule has 2 aromatic rings. The summed E-state index contributed by atoms with van der Waals surface area (Å²) in [5.41, 5.74) is 6.57. The fraction of sp³-hybridized carbons (Fsp3) is 0.0625. The Labute approximate surface area is 141 Å². The lowest BCUT2D eigenvalue weighted by molar-refractivity contribution is 0.483. The van der Waals surface area contributed by atoms with Crippen LogP contribution in [-0.2, 0) is 0 Å². The third-order valence-corrected chi connectivity index (χ3v) is 2.48. The second-order valence-electron chi connectivity index (χ2n) is 4.08. The number of benzene rings is 2. The number of halogens is 1. The highest BCUT2D eigenvalue weighted by molar-refractivity contribution is 14.0. The normalized spacial score (nSPS) is 10.4. The zero-order chi connectivity index (χ0) is 14.2. The molecule has 0 atom stereocenters. The SMILES string of the molecule is C=CCN=C(N)Nc1cccc(Oc2ccccc2)c1.I. The molecule has 21 heavy (non-hydrogen) atoms. The first-order valence-corrected chi connectivity index (χ1v) is 6.29. The van der Waals surface area contributed by atoms with E-state index in [1.807, 2.05) is 54.6 Å². The highest BCUT2D eigenvalue weighted by atomic mass is 127. The number of hydrogen-bond donors (Lipinski definition) is 2. The smallest absolute Gasteiger partial charge is 0.193 e. The Morgan fingerprint density at radius 3 is 2.57 bits per heavy atom. The number of nitrogens with one attached hydrogen (secondary N) is 1. The third-order valence-electron chi connectivity index (χ3n) is 2.48. The molecular formula is C16H18IN3O. The molecule has 0 aliphatic rings. The van der Waals surface area contributed by atoms with Gasteiger partial charge in [-0.25, -0.2) is 4.99 Å². The molecule has 0 saturated heterocycles. The maximum atomic E-state index is 5.74. The van der Waals surface area contributed by atoms with Crippen LogP contribution in [0, 0.1) is 0 Å². The van der Waals surface area contributed by atoms with Gasteiger partial charge in [0, 0.05) is 11.8 Å². The van der Waals surface area contributed by atoms with Gasteiger partial charge in [-0.15, -0.1) is 30.6 Å². The van der Waals surface area contributed by atoms with Crippen LogP contribution in [0.1, 0.15) is 0 Å². The summed E-state index contributed by atoms with van der Waals surface area (Å²) in [5.74, 6) is 1.87. The van der Waals surface area contributed by atoms with E-state index in [0.717, 1.165) is 17.2 Å². The Morgan fingerprint density at radius 2 is 1.86 bits per heavy atom. The Hall–Kier alpha value is -2.02. The molecule has 5 heteroatoms. The molecule has 110 valence electrons. The van der Waals surface area contributed by atoms with E-state index >= 15 is 0 Å². The Morgan fingerprint density at radius 1 is 1.14 bits per heavy atom. The molecule has 0 amide bonds. The van der Waals surface area contributed by atoms with Crippen molar-refractivity contribution in [3.63, 3.8) is 0 Å². The van der Waals surface area contributed by atoms with Crippen molar-refractivity contribution in [1.82, 2.24) is 0 Å². The van der Waals surface area contributed by atoms with E-state index in [9.17, 15) is 0 Å². The molecular weight excluding hydrogens is 377 g/mol. The molecule has 0 spiro atoms. The summed E-state index contributed by atoms with van der Waals surface area (Å²) in [4.78, 5) is 4.08. The molecule has 2 aromatic carbocycles. The van der Waals surface area contributed by atoms with Crippen molar-refractivity contribution in [3.8, 4) is 11.5 Å². The highest BCUT2D eigenvalue weighted by Crippen LogP contribution is 2.23. The van der Waals surface area contributed by atoms with Crippen molar-refractivity contribution >= 4 is 35.6 Å². The number of rotatable bonds is 5. The van der Waals surface area contributed by atoms with E-state index < -0.39 is 0 Å². The molecule has 3 N–H and O–H groups in total. The van der Waals surface area contributed by atoms with Gasteiger partial charge in [-0.2, -0.15) is 0 Å². The monoisotopic (exact) mass is 395 g/mol. The van der Waals surface area contributed by atoms with Crippen molar-refractivity contribution in [2.24, 2.45) is 10.7 Å². The first-order chi connectivity index (χ1) is 9.78. The number of aliphatic imine (C=N–C) groups is 1. The van der Waals surface area contributed by atoms with Crippen LogP contribution in [0.25, 0.3) is 0 Å². The summed E-state index contributed by atoms with van der Waals surface area (Å²) in [6.45, 7) is 4.08. The van der Waals surface area contributed by atoms with E-state index in [-0.39, 0.29) is 24.0 Å². The van der Waals surface area contributed by atoms with E-state index in [1.54, 1.807) is 6.08 Å². The lowest BCUT2D eigenvalue weighted by Gasteiger charge is -2.09. The van der Waals surface area contributed by atoms with Crippen LogP contribution in [-0.4, -0.2) is 12.5 Å². The molecule has 0 aromatic heterocycles. The number of guanidine groups is 1. The maximum Gasteiger partial charge on any atom is 0.193 e. The van der Waals surface area contributed by atoms with Gasteiger partial charge >= 0.3 is 0 Å². The van der Waals surface area contributed by atoms with Crippen LogP contribution >= 0.6 is 24.0 Å². The predicted octanol–water partition coefficient (Wildman–Crippen LogP) is 4.01. The van der Waals surface area contributed by atoms with Crippen molar-refractivity contribution in [3.05, 3.63) is 67.3 Å². The van der Waals surface area contributed by atoms with E-state index in [4.69, 9.17) is 10.5 Å². The molecule has 0 aliphatic carbocycles. The van der Waals surface area contributed by atoms with Gasteiger partial charge in [-0.1, -0.05) is 30.3 Å². The summed E-state index contributed by atoms with van der Waals surface area (Å²) in [7, 11) is 0. The standard InChI is InChI=1S/C16H17N3O.HI/c1-2-11-18-16(17)19-13-7-6-10-15(12-13)20-14-8-4-3-5-9-14;/h2-10,12H,1,11H2,(H3,17,18,19);1H. The van der Waals surface area contributed by atoms with Gasteiger partial charge in [0.05, 0.1) is 6.54 Å². The van der Waals surface area contributed by atoms with Gasteiger partial charge in [0.1, 0.15) is 11.5 Å². The topological polar surface area (TPSA) is 59.6 Å². The van der Waals surface area contributed by atoms with Crippen LogP contribution in [0.5, 0.6) is 11.5 Å². The first-order valence-electron chi connectivity index (χ1n) is 6.29. The zero-order valence-corrected chi connectivity index (χ0v) is 13.9. The summed E-state index contributed by atoms with van der Waals surface area (Å²) >= 11 is 0. The molecule has 0 saturated carbocycles. The van der Waals surface area contributed by atoms with Crippen molar-refractivity contribution < 1.29 is 4.74 Å². The number of hydrogen-bond acceptors (Lipinski definition) is 2. The van der Waals surface area contributed by atoms with Crippen LogP contribution in [0.4, 0.5) is 5.69 Å². The molecule has 0 unspecified atom stereocenters. The van der Waals surface area contributed by atoms with Gasteiger partial charge in [0.25, 0.3) is 0 Å². The molecule has 4 nitrogen and oxygen atoms in total. The van der Waals surface area contributed by atoms with Gasteiger partial charge in [0.15, 0.2) is 5.96 Å². The minimum Gasteiger partial charge on any atom is -0.457 e. The van der Waals surface area contributed by atoms with Crippen LogP contribution in [0.2, 0.25) is 0 Å². The molecule has 0 fully saturated rings. The highest BCUT2D eigenvalue weighted by Gasteiger charge is 1.99. The van der Waals surface area contributed by atoms with Gasteiger partial charge < -0.3 is 15.8 Å². The van der Waals surface area contributed by atoms with Crippen molar-refractivity contribution in [2.75, 3.05) is 11.9 Å². The predicted molar refractivity (Wildman–Crippen MR) is 98.7 cm³/mol. The van der Waals surface area contributed by atoms with Crippen LogP contribution in [0.15, 0.2) is 72.2 Å². The second-order valence-corrected chi connectivity index (χ2v) is 4.08. The number of ether oxygens (including phenoxy) is 1. The number of para-hydroxylation sites is 1. The van der Waals surface area contributed by atoms with Gasteiger partial charge in [0.2, 0.25) is 0 Å². The molecule has 2 rings (SSSR count). The van der Waals surface area contributed by atoms with Crippen LogP contribution < -0.4 is 15.8 Å². The molecule has 0 heterocycles. The zero-order valence-electron chi connectivity index (χ0n) is 11.5. The summed E-state index contributed by atoms with van der Waals surface area (Å²) in [6, 6.07) is 17.1. The maximum absolute atomic E-state index is 5.74. The lowest BCUT2D eigenvalue weighted by Crippen LogP contribution is -2.22. The number of nitrogens with zero attached hydrogens (tertiary/aromatic N) is 1. The van der Waals surface area contributed by atoms with E-state index in [2.05, 4.69) is 16.9 Å². The fourth-order valence-electron chi connectivity index (χ4n) is 1.61. The third kappa shape index (κ3) is 5.86. The average molecular weight is 395 g/mol. The molecule has 0 radical (unpaired) electrons. The largest absolute Gasteiger partial charge is 0.457 e. The van der Waals surface area contributed by atoms with Gasteiger partial charge in [-0.05, 0) is 24.3 Å². The van der Waals surface area contributed by atoms with Crippen molar-refractivity contribution in [1.29, 1.82) is 0 Å². The second kappa shape index (κ2) is 9.02. The van der Waals surface area contributed by atoms with Crippen LogP contribution in [0.3, 0.4) is 0 Å². The molecule has 0 aliphatic heterocycles. The number of anilines is 1. The quantitative estimate of drug-likeness (QED) is 0.348. The minimum atomic E-state index is 0. The Balaban J connectivity index is 0.00000220. The van der Waals surface area contributed by atoms with Crippen molar-refractivity contribution in [2.45, 2.75) is 0 Å². The van der Waals surface area contributed by atoms with E-state index in [1.165, 1.54) is 0 Å². The summed E-state index contributed by atoms with van der Waals surface area (Å²) in [6.07, 6.45) is 1.68. The summed E-state index contributed by atoms with van der Waals surface area (Å²) < 4.78 is 5.74. The number of nitrogens with two attached hydrogens (primary N) is 1. The Bertz CT molecular complexity index is 599. The molecule has 0 bridgehead atoms. The Kier molecular flexibility index (Phi) is 7.31. The minimum absolute atomic E-state index is 0. The van der Waals surface area contributed by atoms with Gasteiger partial charge in [-0.3, -0.25) is 0 Å². The first kappa shape index (κ1) is 17.0.